The Balaban J connectivity index is 2.46. The molecule has 16 heavy (non-hydrogen) atoms. The summed E-state index contributed by atoms with van der Waals surface area (Å²) >= 11 is 0. The van der Waals surface area contributed by atoms with Gasteiger partial charge in [0.25, 0.3) is 0 Å². The van der Waals surface area contributed by atoms with Gasteiger partial charge in [0, 0.05) is 17.3 Å². The monoisotopic (exact) mass is 218 g/mol. The molecule has 4 nitrogen and oxygen atoms in total. The van der Waals surface area contributed by atoms with E-state index in [1.165, 1.54) is 0 Å². The molecule has 0 atom stereocenters. The SMILES string of the molecule is CC(C)N1C(=O)Cc2cc(C(N)=O)ccc21. The van der Waals surface area contributed by atoms with Crippen molar-refractivity contribution < 1.29 is 9.59 Å². The number of hydrogen-bond acceptors (Lipinski definition) is 2. The maximum absolute atomic E-state index is 11.8. The smallest absolute Gasteiger partial charge is 0.248 e. The van der Waals surface area contributed by atoms with Crippen LogP contribution in [0.25, 0.3) is 0 Å². The van der Waals surface area contributed by atoms with Crippen LogP contribution in [0.2, 0.25) is 0 Å². The molecule has 1 heterocycles. The molecule has 1 aromatic carbocycles. The molecule has 2 N–H and O–H groups in total. The topological polar surface area (TPSA) is 63.4 Å². The molecule has 0 fully saturated rings. The van der Waals surface area contributed by atoms with Crippen LogP contribution in [0.15, 0.2) is 18.2 Å². The van der Waals surface area contributed by atoms with Crippen LogP contribution in [0.3, 0.4) is 0 Å². The molecule has 1 aromatic rings. The average Bonchev–Trinajstić information content (AvgIpc) is 2.51. The Kier molecular flexibility index (Phi) is 2.42. The molecule has 0 unspecified atom stereocenters. The zero-order chi connectivity index (χ0) is 11.9. The third-order valence-electron chi connectivity index (χ3n) is 2.75. The lowest BCUT2D eigenvalue weighted by Crippen LogP contribution is -2.33. The van der Waals surface area contributed by atoms with E-state index in [-0.39, 0.29) is 11.9 Å². The lowest BCUT2D eigenvalue weighted by Gasteiger charge is -2.21. The van der Waals surface area contributed by atoms with Crippen molar-refractivity contribution in [1.29, 1.82) is 0 Å². The Hall–Kier alpha value is -1.84. The van der Waals surface area contributed by atoms with Crippen LogP contribution in [0.5, 0.6) is 0 Å². The summed E-state index contributed by atoms with van der Waals surface area (Å²) in [5.41, 5.74) is 7.43. The van der Waals surface area contributed by atoms with Gasteiger partial charge in [-0.1, -0.05) is 0 Å². The number of fused-ring (bicyclic) bond motifs is 1. The van der Waals surface area contributed by atoms with Crippen LogP contribution in [0.4, 0.5) is 5.69 Å². The van der Waals surface area contributed by atoms with Crippen LogP contribution in [0, 0.1) is 0 Å². The van der Waals surface area contributed by atoms with Gasteiger partial charge in [0.1, 0.15) is 0 Å². The minimum absolute atomic E-state index is 0.0756. The number of primary amides is 1. The number of anilines is 1. The van der Waals surface area contributed by atoms with Crippen LogP contribution in [-0.4, -0.2) is 17.9 Å². The third kappa shape index (κ3) is 1.56. The number of amides is 2. The van der Waals surface area contributed by atoms with E-state index in [2.05, 4.69) is 0 Å². The van der Waals surface area contributed by atoms with Crippen molar-refractivity contribution in [2.75, 3.05) is 4.90 Å². The first-order chi connectivity index (χ1) is 7.50. The van der Waals surface area contributed by atoms with Crippen molar-refractivity contribution in [2.24, 2.45) is 5.73 Å². The zero-order valence-electron chi connectivity index (χ0n) is 9.36. The van der Waals surface area contributed by atoms with Crippen LogP contribution < -0.4 is 10.6 Å². The summed E-state index contributed by atoms with van der Waals surface area (Å²) in [6, 6.07) is 5.29. The van der Waals surface area contributed by atoms with Crippen LogP contribution >= 0.6 is 0 Å². The van der Waals surface area contributed by atoms with Gasteiger partial charge in [-0.2, -0.15) is 0 Å². The summed E-state index contributed by atoms with van der Waals surface area (Å²) in [6.07, 6.45) is 0.356. The second kappa shape index (κ2) is 3.63. The van der Waals surface area contributed by atoms with E-state index in [9.17, 15) is 9.59 Å². The van der Waals surface area contributed by atoms with Crippen molar-refractivity contribution in [3.05, 3.63) is 29.3 Å². The van der Waals surface area contributed by atoms with Gasteiger partial charge in [0.15, 0.2) is 0 Å². The van der Waals surface area contributed by atoms with Gasteiger partial charge < -0.3 is 10.6 Å². The number of rotatable bonds is 2. The summed E-state index contributed by atoms with van der Waals surface area (Å²) < 4.78 is 0. The molecule has 2 rings (SSSR count). The van der Waals surface area contributed by atoms with E-state index >= 15 is 0 Å². The molecule has 0 aliphatic carbocycles. The van der Waals surface area contributed by atoms with E-state index in [1.807, 2.05) is 13.8 Å². The van der Waals surface area contributed by atoms with Gasteiger partial charge in [-0.05, 0) is 37.6 Å². The van der Waals surface area contributed by atoms with E-state index < -0.39 is 5.91 Å². The molecule has 1 aliphatic rings. The van der Waals surface area contributed by atoms with Crippen LogP contribution in [-0.2, 0) is 11.2 Å². The molecule has 0 saturated carbocycles. The molecule has 0 radical (unpaired) electrons. The Labute approximate surface area is 94.0 Å². The second-order valence-corrected chi connectivity index (χ2v) is 4.24. The summed E-state index contributed by atoms with van der Waals surface area (Å²) in [7, 11) is 0. The molecule has 84 valence electrons. The third-order valence-corrected chi connectivity index (χ3v) is 2.75. The van der Waals surface area contributed by atoms with E-state index in [0.717, 1.165) is 11.3 Å². The largest absolute Gasteiger partial charge is 0.366 e. The highest BCUT2D eigenvalue weighted by atomic mass is 16.2. The van der Waals surface area contributed by atoms with Crippen molar-refractivity contribution >= 4 is 17.5 Å². The number of carbonyl (C=O) groups is 2. The fourth-order valence-corrected chi connectivity index (χ4v) is 2.06. The first-order valence-corrected chi connectivity index (χ1v) is 5.25. The molecule has 0 saturated heterocycles. The highest BCUT2D eigenvalue weighted by molar-refractivity contribution is 6.03. The number of nitrogens with zero attached hydrogens (tertiary/aromatic N) is 1. The average molecular weight is 218 g/mol. The molecule has 1 aliphatic heterocycles. The fraction of sp³-hybridized carbons (Fsp3) is 0.333. The van der Waals surface area contributed by atoms with Gasteiger partial charge in [0.2, 0.25) is 11.8 Å². The van der Waals surface area contributed by atoms with Gasteiger partial charge in [-0.15, -0.1) is 0 Å². The maximum atomic E-state index is 11.8. The van der Waals surface area contributed by atoms with Crippen molar-refractivity contribution in [3.8, 4) is 0 Å². The van der Waals surface area contributed by atoms with E-state index in [4.69, 9.17) is 5.73 Å². The van der Waals surface area contributed by atoms with Crippen LogP contribution in [0.1, 0.15) is 29.8 Å². The molecule has 0 aromatic heterocycles. The summed E-state index contributed by atoms with van der Waals surface area (Å²) in [5, 5.41) is 0. The van der Waals surface area contributed by atoms with Crippen molar-refractivity contribution in [1.82, 2.24) is 0 Å². The Morgan fingerprint density at radius 2 is 2.12 bits per heavy atom. The molecule has 0 spiro atoms. The summed E-state index contributed by atoms with van der Waals surface area (Å²) in [4.78, 5) is 24.5. The first kappa shape index (κ1) is 10.7. The normalized spacial score (nSPS) is 14.4. The summed E-state index contributed by atoms with van der Waals surface area (Å²) in [5.74, 6) is -0.384. The highest BCUT2D eigenvalue weighted by Crippen LogP contribution is 2.31. The number of carbonyl (C=O) groups excluding carboxylic acids is 2. The minimum Gasteiger partial charge on any atom is -0.366 e. The first-order valence-electron chi connectivity index (χ1n) is 5.25. The molecular formula is C12H14N2O2. The van der Waals surface area contributed by atoms with E-state index in [1.54, 1.807) is 23.1 Å². The molecule has 2 amide bonds. The van der Waals surface area contributed by atoms with Gasteiger partial charge in [-0.25, -0.2) is 0 Å². The number of benzene rings is 1. The van der Waals surface area contributed by atoms with E-state index in [0.29, 0.717) is 12.0 Å². The highest BCUT2D eigenvalue weighted by Gasteiger charge is 2.29. The van der Waals surface area contributed by atoms with Gasteiger partial charge in [-0.3, -0.25) is 9.59 Å². The number of nitrogens with two attached hydrogens (primary N) is 1. The van der Waals surface area contributed by atoms with Crippen molar-refractivity contribution in [3.63, 3.8) is 0 Å². The number of hydrogen-bond donors (Lipinski definition) is 1. The predicted octanol–water partition coefficient (Wildman–Crippen LogP) is 1.08. The van der Waals surface area contributed by atoms with Gasteiger partial charge >= 0.3 is 0 Å². The van der Waals surface area contributed by atoms with Crippen molar-refractivity contribution in [2.45, 2.75) is 26.3 Å². The minimum atomic E-state index is -0.460. The Bertz CT molecular complexity index is 466. The zero-order valence-corrected chi connectivity index (χ0v) is 9.36. The quantitative estimate of drug-likeness (QED) is 0.807. The lowest BCUT2D eigenvalue weighted by atomic mass is 10.1. The maximum Gasteiger partial charge on any atom is 0.248 e. The molecule has 0 bridgehead atoms. The Morgan fingerprint density at radius 1 is 1.44 bits per heavy atom. The lowest BCUT2D eigenvalue weighted by molar-refractivity contribution is -0.117. The summed E-state index contributed by atoms with van der Waals surface area (Å²) in [6.45, 7) is 3.93. The second-order valence-electron chi connectivity index (χ2n) is 4.24. The fourth-order valence-electron chi connectivity index (χ4n) is 2.06. The predicted molar refractivity (Wildman–Crippen MR) is 61.3 cm³/mol. The molecule has 4 heteroatoms. The molecular weight excluding hydrogens is 204 g/mol. The van der Waals surface area contributed by atoms with Gasteiger partial charge in [0.05, 0.1) is 6.42 Å². The Morgan fingerprint density at radius 3 is 2.69 bits per heavy atom. The standard InChI is InChI=1S/C12H14N2O2/c1-7(2)14-10-4-3-8(12(13)16)5-9(10)6-11(14)15/h3-5,7H,6H2,1-2H3,(H2,13,16).